The van der Waals surface area contributed by atoms with Crippen LogP contribution in [0.1, 0.15) is 30.8 Å². The molecule has 1 aromatic carbocycles. The van der Waals surface area contributed by atoms with Crippen LogP contribution in [0.4, 0.5) is 0 Å². The fraction of sp³-hybridized carbons (Fsp3) is 0.375. The molecule has 112 valence electrons. The van der Waals surface area contributed by atoms with Crippen molar-refractivity contribution in [3.63, 3.8) is 0 Å². The van der Waals surface area contributed by atoms with Gasteiger partial charge in [0, 0.05) is 24.4 Å². The first-order chi connectivity index (χ1) is 10.1. The minimum Gasteiger partial charge on any atom is -0.299 e. The lowest BCUT2D eigenvalue weighted by atomic mass is 10.1. The molecule has 2 rings (SSSR count). The van der Waals surface area contributed by atoms with Gasteiger partial charge in [0.1, 0.15) is 5.78 Å². The van der Waals surface area contributed by atoms with Crippen LogP contribution in [0.2, 0.25) is 5.02 Å². The molecule has 0 radical (unpaired) electrons. The maximum Gasteiger partial charge on any atom is 0.143 e. The lowest BCUT2D eigenvalue weighted by molar-refractivity contribution is -0.117. The summed E-state index contributed by atoms with van der Waals surface area (Å²) in [6.45, 7) is 4.84. The Morgan fingerprint density at radius 2 is 2.00 bits per heavy atom. The van der Waals surface area contributed by atoms with Gasteiger partial charge in [0.2, 0.25) is 0 Å². The summed E-state index contributed by atoms with van der Waals surface area (Å²) >= 11 is 9.68. The second-order valence-corrected chi connectivity index (χ2v) is 6.06. The molecule has 3 nitrogen and oxygen atoms in total. The average Bonchev–Trinajstić information content (AvgIpc) is 2.77. The molecule has 2 aromatic rings. The number of hydrogen-bond acceptors (Lipinski definition) is 2. The summed E-state index contributed by atoms with van der Waals surface area (Å²) in [6, 6.07) is 7.47. The maximum absolute atomic E-state index is 12.3. The van der Waals surface area contributed by atoms with Crippen LogP contribution in [-0.2, 0) is 30.6 Å². The van der Waals surface area contributed by atoms with Crippen molar-refractivity contribution >= 4 is 33.3 Å². The molecule has 0 fully saturated rings. The van der Waals surface area contributed by atoms with Gasteiger partial charge in [-0.1, -0.05) is 36.7 Å². The Morgan fingerprint density at radius 3 is 2.62 bits per heavy atom. The van der Waals surface area contributed by atoms with Gasteiger partial charge in [0.15, 0.2) is 0 Å². The van der Waals surface area contributed by atoms with E-state index in [2.05, 4.69) is 28.0 Å². The second-order valence-electron chi connectivity index (χ2n) is 4.86. The largest absolute Gasteiger partial charge is 0.299 e. The molecular formula is C16H18BrClN2O. The number of aryl methyl sites for hydroxylation is 2. The first-order valence-electron chi connectivity index (χ1n) is 7.05. The highest BCUT2D eigenvalue weighted by atomic mass is 79.9. The van der Waals surface area contributed by atoms with Crippen LogP contribution in [0.25, 0.3) is 0 Å². The summed E-state index contributed by atoms with van der Waals surface area (Å²) in [4.78, 5) is 12.3. The van der Waals surface area contributed by atoms with E-state index in [0.29, 0.717) is 17.9 Å². The van der Waals surface area contributed by atoms with Gasteiger partial charge in [-0.15, -0.1) is 0 Å². The van der Waals surface area contributed by atoms with Gasteiger partial charge in [0.25, 0.3) is 0 Å². The highest BCUT2D eigenvalue weighted by molar-refractivity contribution is 9.10. The molecular weight excluding hydrogens is 352 g/mol. The molecule has 1 heterocycles. The van der Waals surface area contributed by atoms with Gasteiger partial charge in [-0.2, -0.15) is 5.10 Å². The number of carbonyl (C=O) groups is 1. The van der Waals surface area contributed by atoms with Crippen LogP contribution < -0.4 is 0 Å². The fourth-order valence-electron chi connectivity index (χ4n) is 2.29. The Balaban J connectivity index is 2.17. The van der Waals surface area contributed by atoms with Crippen LogP contribution in [0.3, 0.4) is 0 Å². The molecule has 21 heavy (non-hydrogen) atoms. The minimum absolute atomic E-state index is 0.140. The van der Waals surface area contributed by atoms with E-state index in [1.54, 1.807) is 0 Å². The first-order valence-corrected chi connectivity index (χ1v) is 8.23. The van der Waals surface area contributed by atoms with Gasteiger partial charge < -0.3 is 0 Å². The Hall–Kier alpha value is -1.13. The molecule has 1 aromatic heterocycles. The van der Waals surface area contributed by atoms with Gasteiger partial charge in [-0.25, -0.2) is 0 Å². The zero-order chi connectivity index (χ0) is 15.4. The number of ketones is 1. The van der Waals surface area contributed by atoms with E-state index < -0.39 is 0 Å². The van der Waals surface area contributed by atoms with Crippen molar-refractivity contribution in [3.05, 3.63) is 50.7 Å². The number of benzene rings is 1. The molecule has 0 amide bonds. The third kappa shape index (κ3) is 3.74. The lowest BCUT2D eigenvalue weighted by Gasteiger charge is -2.06. The number of Topliss-reactive ketones (excluding diaryl/α,β-unsaturated/α-hetero) is 1. The van der Waals surface area contributed by atoms with E-state index in [4.69, 9.17) is 11.6 Å². The predicted molar refractivity (Wildman–Crippen MR) is 88.8 cm³/mol. The van der Waals surface area contributed by atoms with Crippen LogP contribution in [0.15, 0.2) is 28.7 Å². The summed E-state index contributed by atoms with van der Waals surface area (Å²) < 4.78 is 2.85. The molecule has 0 unspecified atom stereocenters. The van der Waals surface area contributed by atoms with Crippen molar-refractivity contribution < 1.29 is 4.79 Å². The third-order valence-electron chi connectivity index (χ3n) is 3.40. The topological polar surface area (TPSA) is 34.9 Å². The summed E-state index contributed by atoms with van der Waals surface area (Å²) in [5.74, 6) is 0.140. The van der Waals surface area contributed by atoms with E-state index in [1.807, 2.05) is 35.9 Å². The molecule has 0 aliphatic rings. The minimum atomic E-state index is 0.140. The summed E-state index contributed by atoms with van der Waals surface area (Å²) in [6.07, 6.45) is 1.56. The van der Waals surface area contributed by atoms with Crippen LogP contribution in [-0.4, -0.2) is 15.6 Å². The Morgan fingerprint density at radius 1 is 1.29 bits per heavy atom. The number of nitrogens with zero attached hydrogens (tertiary/aromatic N) is 2. The maximum atomic E-state index is 12.3. The fourth-order valence-corrected chi connectivity index (χ4v) is 3.20. The molecule has 0 aliphatic heterocycles. The zero-order valence-corrected chi connectivity index (χ0v) is 14.5. The van der Waals surface area contributed by atoms with Gasteiger partial charge in [-0.05, 0) is 40.9 Å². The summed E-state index contributed by atoms with van der Waals surface area (Å²) in [5.41, 5.74) is 2.82. The van der Waals surface area contributed by atoms with Crippen molar-refractivity contribution in [1.82, 2.24) is 9.78 Å². The number of halogens is 2. The van der Waals surface area contributed by atoms with Crippen molar-refractivity contribution in [2.45, 2.75) is 39.7 Å². The Labute approximate surface area is 138 Å². The van der Waals surface area contributed by atoms with Crippen molar-refractivity contribution in [2.24, 2.45) is 0 Å². The monoisotopic (exact) mass is 368 g/mol. The van der Waals surface area contributed by atoms with E-state index >= 15 is 0 Å². The van der Waals surface area contributed by atoms with Crippen molar-refractivity contribution in [1.29, 1.82) is 0 Å². The highest BCUT2D eigenvalue weighted by Gasteiger charge is 2.17. The molecule has 0 saturated carbocycles. The Kier molecular flexibility index (Phi) is 5.59. The lowest BCUT2D eigenvalue weighted by Crippen LogP contribution is -2.12. The van der Waals surface area contributed by atoms with E-state index in [9.17, 15) is 4.79 Å². The summed E-state index contributed by atoms with van der Waals surface area (Å²) in [7, 11) is 0. The van der Waals surface area contributed by atoms with Gasteiger partial charge in [0.05, 0.1) is 15.9 Å². The normalized spacial score (nSPS) is 10.9. The predicted octanol–water partition coefficient (Wildman–Crippen LogP) is 4.24. The Bertz CT molecular complexity index is 652. The molecule has 0 spiro atoms. The molecule has 0 saturated heterocycles. The van der Waals surface area contributed by atoms with E-state index in [1.165, 1.54) is 0 Å². The third-order valence-corrected chi connectivity index (χ3v) is 4.69. The molecule has 0 bridgehead atoms. The number of aromatic nitrogens is 2. The highest BCUT2D eigenvalue weighted by Crippen LogP contribution is 2.24. The van der Waals surface area contributed by atoms with Gasteiger partial charge >= 0.3 is 0 Å². The molecule has 0 atom stereocenters. The van der Waals surface area contributed by atoms with Gasteiger partial charge in [-0.3, -0.25) is 9.48 Å². The van der Waals surface area contributed by atoms with Crippen LogP contribution >= 0.6 is 27.5 Å². The summed E-state index contributed by atoms with van der Waals surface area (Å²) in [5, 5.41) is 5.16. The van der Waals surface area contributed by atoms with Crippen molar-refractivity contribution in [3.8, 4) is 0 Å². The van der Waals surface area contributed by atoms with Crippen LogP contribution in [0.5, 0.6) is 0 Å². The molecule has 0 aliphatic carbocycles. The quantitative estimate of drug-likeness (QED) is 0.763. The first kappa shape index (κ1) is 16.2. The zero-order valence-electron chi connectivity index (χ0n) is 12.2. The van der Waals surface area contributed by atoms with Crippen molar-refractivity contribution in [2.75, 3.05) is 0 Å². The van der Waals surface area contributed by atoms with E-state index in [-0.39, 0.29) is 5.78 Å². The smallest absolute Gasteiger partial charge is 0.143 e. The SMILES string of the molecule is CCc1nn(CC)c(CC(=O)Cc2ccccc2Cl)c1Br. The average molecular weight is 370 g/mol. The number of hydrogen-bond donors (Lipinski definition) is 0. The second kappa shape index (κ2) is 7.23. The number of rotatable bonds is 6. The standard InChI is InChI=1S/C16H18BrClN2O/c1-3-14-16(17)15(20(4-2)19-14)10-12(21)9-11-7-5-6-8-13(11)18/h5-8H,3-4,9-10H2,1-2H3. The molecule has 5 heteroatoms. The van der Waals surface area contributed by atoms with Crippen LogP contribution in [0, 0.1) is 0 Å². The van der Waals surface area contributed by atoms with E-state index in [0.717, 1.165) is 34.4 Å². The molecule has 0 N–H and O–H groups in total. The number of carbonyl (C=O) groups excluding carboxylic acids is 1.